The van der Waals surface area contributed by atoms with Gasteiger partial charge in [0, 0.05) is 24.2 Å². The fourth-order valence-corrected chi connectivity index (χ4v) is 3.98. The third-order valence-electron chi connectivity index (χ3n) is 5.93. The maximum atomic E-state index is 15.1. The predicted molar refractivity (Wildman–Crippen MR) is 130 cm³/mol. The summed E-state index contributed by atoms with van der Waals surface area (Å²) in [6, 6.07) is 16.1. The lowest BCUT2D eigenvalue weighted by Gasteiger charge is -2.09. The molecule has 1 heterocycles. The van der Waals surface area contributed by atoms with Gasteiger partial charge in [-0.3, -0.25) is 0 Å². The molecule has 0 aliphatic rings. The van der Waals surface area contributed by atoms with E-state index in [4.69, 9.17) is 0 Å². The van der Waals surface area contributed by atoms with Crippen molar-refractivity contribution in [3.8, 4) is 0 Å². The van der Waals surface area contributed by atoms with Gasteiger partial charge in [0.1, 0.15) is 17.5 Å². The SMILES string of the molecule is C/C=C/CCc1cnc(CCc2ccc3c(F)c(CCc4ccc(F)cc4)ccc3c2)nc1. The second-order valence-electron chi connectivity index (χ2n) is 8.34. The van der Waals surface area contributed by atoms with Gasteiger partial charge in [-0.05, 0) is 78.8 Å². The number of rotatable bonds is 9. The van der Waals surface area contributed by atoms with E-state index in [0.717, 1.165) is 53.6 Å². The summed E-state index contributed by atoms with van der Waals surface area (Å²) in [7, 11) is 0. The van der Waals surface area contributed by atoms with Crippen LogP contribution in [-0.4, -0.2) is 9.97 Å². The Balaban J connectivity index is 1.38. The molecular weight excluding hydrogens is 414 g/mol. The monoisotopic (exact) mass is 442 g/mol. The zero-order chi connectivity index (χ0) is 23.0. The zero-order valence-electron chi connectivity index (χ0n) is 18.9. The molecule has 0 N–H and O–H groups in total. The smallest absolute Gasteiger partial charge is 0.134 e. The van der Waals surface area contributed by atoms with Crippen molar-refractivity contribution in [1.82, 2.24) is 9.97 Å². The van der Waals surface area contributed by atoms with Crippen molar-refractivity contribution in [3.63, 3.8) is 0 Å². The first-order valence-corrected chi connectivity index (χ1v) is 11.5. The first-order chi connectivity index (χ1) is 16.1. The van der Waals surface area contributed by atoms with E-state index < -0.39 is 0 Å². The lowest BCUT2D eigenvalue weighted by Crippen LogP contribution is -2.00. The lowest BCUT2D eigenvalue weighted by atomic mass is 9.98. The number of halogens is 2. The zero-order valence-corrected chi connectivity index (χ0v) is 18.9. The Hall–Kier alpha value is -3.40. The van der Waals surface area contributed by atoms with Crippen LogP contribution in [0.3, 0.4) is 0 Å². The average Bonchev–Trinajstić information content (AvgIpc) is 2.84. The van der Waals surface area contributed by atoms with Gasteiger partial charge in [0.25, 0.3) is 0 Å². The highest BCUT2D eigenvalue weighted by atomic mass is 19.1. The molecule has 0 atom stereocenters. The Kier molecular flexibility index (Phi) is 7.56. The van der Waals surface area contributed by atoms with Crippen LogP contribution in [-0.2, 0) is 32.1 Å². The van der Waals surface area contributed by atoms with Crippen LogP contribution in [0, 0.1) is 11.6 Å². The summed E-state index contributed by atoms with van der Waals surface area (Å²) in [4.78, 5) is 8.99. The van der Waals surface area contributed by atoms with Crippen LogP contribution in [0.2, 0.25) is 0 Å². The summed E-state index contributed by atoms with van der Waals surface area (Å²) in [5, 5.41) is 1.54. The standard InChI is InChI=1S/C29H28F2N2/c1-2-3-4-5-23-19-32-28(33-20-23)17-10-22-9-16-27-25(18-22)13-12-24(29(27)31)11-6-21-7-14-26(30)15-8-21/h2-3,7-9,12-16,18-20H,4-6,10-11,17H2,1H3/b3-2+. The summed E-state index contributed by atoms with van der Waals surface area (Å²) in [5.74, 6) is 0.403. The number of hydrogen-bond donors (Lipinski definition) is 0. The van der Waals surface area contributed by atoms with Crippen molar-refractivity contribution in [2.24, 2.45) is 0 Å². The average molecular weight is 443 g/mol. The highest BCUT2D eigenvalue weighted by Crippen LogP contribution is 2.24. The molecule has 0 amide bonds. The van der Waals surface area contributed by atoms with E-state index in [0.29, 0.717) is 23.8 Å². The third-order valence-corrected chi connectivity index (χ3v) is 5.93. The van der Waals surface area contributed by atoms with Crippen LogP contribution in [0.4, 0.5) is 8.78 Å². The largest absolute Gasteiger partial charge is 0.241 e. The first kappa shape index (κ1) is 22.8. The number of fused-ring (bicyclic) bond motifs is 1. The van der Waals surface area contributed by atoms with Gasteiger partial charge in [0.05, 0.1) is 0 Å². The molecule has 4 rings (SSSR count). The highest BCUT2D eigenvalue weighted by molar-refractivity contribution is 5.84. The summed E-state index contributed by atoms with van der Waals surface area (Å²) < 4.78 is 28.2. The topological polar surface area (TPSA) is 25.8 Å². The third kappa shape index (κ3) is 6.10. The van der Waals surface area contributed by atoms with Gasteiger partial charge in [-0.2, -0.15) is 0 Å². The molecule has 0 fully saturated rings. The van der Waals surface area contributed by atoms with Crippen molar-refractivity contribution in [2.75, 3.05) is 0 Å². The normalized spacial score (nSPS) is 11.5. The molecule has 0 aliphatic heterocycles. The molecule has 0 bridgehead atoms. The lowest BCUT2D eigenvalue weighted by molar-refractivity contribution is 0.619. The molecule has 3 aromatic carbocycles. The first-order valence-electron chi connectivity index (χ1n) is 11.5. The molecule has 33 heavy (non-hydrogen) atoms. The minimum atomic E-state index is -0.255. The molecule has 0 radical (unpaired) electrons. The van der Waals surface area contributed by atoms with Crippen LogP contribution in [0.15, 0.2) is 79.1 Å². The number of allylic oxidation sites excluding steroid dienone is 2. The van der Waals surface area contributed by atoms with Gasteiger partial charge in [-0.25, -0.2) is 18.7 Å². The fraction of sp³-hybridized carbons (Fsp3) is 0.241. The summed E-state index contributed by atoms with van der Waals surface area (Å²) in [6.07, 6.45) is 12.8. The van der Waals surface area contributed by atoms with E-state index in [1.807, 2.05) is 49.6 Å². The molecular formula is C29H28F2N2. The van der Waals surface area contributed by atoms with Crippen molar-refractivity contribution in [3.05, 3.63) is 119 Å². The van der Waals surface area contributed by atoms with E-state index >= 15 is 4.39 Å². The van der Waals surface area contributed by atoms with Crippen LogP contribution >= 0.6 is 0 Å². The van der Waals surface area contributed by atoms with Gasteiger partial charge in [-0.15, -0.1) is 0 Å². The molecule has 0 unspecified atom stereocenters. The molecule has 4 heteroatoms. The minimum absolute atomic E-state index is 0.169. The Morgan fingerprint density at radius 1 is 0.727 bits per heavy atom. The van der Waals surface area contributed by atoms with E-state index in [2.05, 4.69) is 22.1 Å². The Morgan fingerprint density at radius 2 is 1.45 bits per heavy atom. The molecule has 0 spiro atoms. The summed E-state index contributed by atoms with van der Waals surface area (Å²) >= 11 is 0. The van der Waals surface area contributed by atoms with Crippen LogP contribution in [0.25, 0.3) is 10.8 Å². The van der Waals surface area contributed by atoms with E-state index in [-0.39, 0.29) is 11.6 Å². The van der Waals surface area contributed by atoms with Crippen molar-refractivity contribution >= 4 is 10.8 Å². The molecule has 4 aromatic rings. The van der Waals surface area contributed by atoms with Gasteiger partial charge in [-0.1, -0.05) is 54.6 Å². The molecule has 1 aromatic heterocycles. The van der Waals surface area contributed by atoms with Gasteiger partial charge >= 0.3 is 0 Å². The van der Waals surface area contributed by atoms with Crippen molar-refractivity contribution in [1.29, 1.82) is 0 Å². The molecule has 0 saturated carbocycles. The van der Waals surface area contributed by atoms with E-state index in [1.54, 1.807) is 12.1 Å². The quantitative estimate of drug-likeness (QED) is 0.261. The second kappa shape index (κ2) is 11.0. The molecule has 168 valence electrons. The van der Waals surface area contributed by atoms with E-state index in [9.17, 15) is 4.39 Å². The predicted octanol–water partition coefficient (Wildman–Crippen LogP) is 6.99. The fourth-order valence-electron chi connectivity index (χ4n) is 3.98. The molecule has 0 saturated heterocycles. The Labute approximate surface area is 194 Å². The number of hydrogen-bond acceptors (Lipinski definition) is 2. The van der Waals surface area contributed by atoms with Crippen LogP contribution < -0.4 is 0 Å². The number of aryl methyl sites for hydroxylation is 5. The van der Waals surface area contributed by atoms with Crippen LogP contribution in [0.1, 0.15) is 41.4 Å². The maximum Gasteiger partial charge on any atom is 0.134 e. The van der Waals surface area contributed by atoms with Gasteiger partial charge in [0.15, 0.2) is 0 Å². The van der Waals surface area contributed by atoms with E-state index in [1.165, 1.54) is 12.1 Å². The van der Waals surface area contributed by atoms with Crippen LogP contribution in [0.5, 0.6) is 0 Å². The van der Waals surface area contributed by atoms with Gasteiger partial charge in [0.2, 0.25) is 0 Å². The number of aromatic nitrogens is 2. The number of benzene rings is 3. The Morgan fingerprint density at radius 3 is 2.21 bits per heavy atom. The number of nitrogens with zero attached hydrogens (tertiary/aromatic N) is 2. The molecule has 0 aliphatic carbocycles. The Bertz CT molecular complexity index is 1230. The summed E-state index contributed by atoms with van der Waals surface area (Å²) in [5.41, 5.74) is 3.97. The van der Waals surface area contributed by atoms with Crippen molar-refractivity contribution < 1.29 is 8.78 Å². The minimum Gasteiger partial charge on any atom is -0.241 e. The molecule has 2 nitrogen and oxygen atoms in total. The second-order valence-corrected chi connectivity index (χ2v) is 8.34. The van der Waals surface area contributed by atoms with Crippen molar-refractivity contribution in [2.45, 2.75) is 45.4 Å². The maximum absolute atomic E-state index is 15.1. The summed E-state index contributed by atoms with van der Waals surface area (Å²) in [6.45, 7) is 2.02. The highest BCUT2D eigenvalue weighted by Gasteiger charge is 2.09. The van der Waals surface area contributed by atoms with Gasteiger partial charge < -0.3 is 0 Å².